The molecule has 5 atom stereocenters. The summed E-state index contributed by atoms with van der Waals surface area (Å²) < 4.78 is 21.4. The number of hydrogen-bond donors (Lipinski definition) is 1. The third kappa shape index (κ3) is 1.22. The Kier molecular flexibility index (Phi) is 1.72. The van der Waals surface area contributed by atoms with Crippen LogP contribution in [0.25, 0.3) is 0 Å². The summed E-state index contributed by atoms with van der Waals surface area (Å²) in [4.78, 5) is 11.1. The van der Waals surface area contributed by atoms with Gasteiger partial charge in [-0.15, -0.1) is 0 Å². The lowest BCUT2D eigenvalue weighted by molar-refractivity contribution is -0.214. The fourth-order valence-corrected chi connectivity index (χ4v) is 2.23. The van der Waals surface area contributed by atoms with E-state index in [1.807, 2.05) is 0 Å². The van der Waals surface area contributed by atoms with Gasteiger partial charge in [0.1, 0.15) is 6.10 Å². The van der Waals surface area contributed by atoms with E-state index in [0.29, 0.717) is 0 Å². The second kappa shape index (κ2) is 2.70. The van der Waals surface area contributed by atoms with Gasteiger partial charge in [-0.2, -0.15) is 0 Å². The third-order valence-corrected chi connectivity index (χ3v) is 2.83. The molecule has 0 aromatic heterocycles. The third-order valence-electron chi connectivity index (χ3n) is 2.83. The Hall–Kier alpha value is -0.690. The van der Waals surface area contributed by atoms with Crippen LogP contribution in [0.5, 0.6) is 0 Å². The van der Waals surface area contributed by atoms with Gasteiger partial charge in [0.2, 0.25) is 0 Å². The topological polar surface area (TPSA) is 74.2 Å². The summed E-state index contributed by atoms with van der Waals surface area (Å²) in [5, 5.41) is 9.44. The molecule has 3 aliphatic rings. The maximum Gasteiger partial charge on any atom is 0.338 e. The number of aliphatic hydroxyl groups is 1. The number of hydrogen-bond acceptors (Lipinski definition) is 6. The zero-order valence-electron chi connectivity index (χ0n) is 8.38. The van der Waals surface area contributed by atoms with E-state index in [0.717, 1.165) is 0 Å². The molecule has 3 aliphatic heterocycles. The van der Waals surface area contributed by atoms with Gasteiger partial charge in [-0.05, 0) is 13.8 Å². The van der Waals surface area contributed by atoms with Crippen molar-refractivity contribution in [1.82, 2.24) is 0 Å². The Balaban J connectivity index is 1.83. The van der Waals surface area contributed by atoms with Crippen LogP contribution in [0.4, 0.5) is 0 Å². The quantitative estimate of drug-likeness (QED) is 0.532. The molecule has 3 heterocycles. The van der Waals surface area contributed by atoms with E-state index in [2.05, 4.69) is 0 Å². The normalized spacial score (nSPS) is 51.4. The molecule has 6 heteroatoms. The second-order valence-corrected chi connectivity index (χ2v) is 4.42. The van der Waals surface area contributed by atoms with Gasteiger partial charge in [0.15, 0.2) is 30.4 Å². The van der Waals surface area contributed by atoms with E-state index >= 15 is 0 Å². The molecule has 3 rings (SSSR count). The van der Waals surface area contributed by atoms with Crippen LogP contribution < -0.4 is 0 Å². The predicted molar refractivity (Wildman–Crippen MR) is 44.6 cm³/mol. The van der Waals surface area contributed by atoms with Gasteiger partial charge in [-0.1, -0.05) is 0 Å². The van der Waals surface area contributed by atoms with E-state index in [9.17, 15) is 9.90 Å². The summed E-state index contributed by atoms with van der Waals surface area (Å²) >= 11 is 0. The lowest BCUT2D eigenvalue weighted by atomic mass is 10.1. The van der Waals surface area contributed by atoms with Crippen LogP contribution in [0.2, 0.25) is 0 Å². The fraction of sp³-hybridized carbons (Fsp3) is 0.889. The molecule has 84 valence electrons. The molecule has 0 aromatic rings. The number of rotatable bonds is 0. The van der Waals surface area contributed by atoms with Gasteiger partial charge >= 0.3 is 5.97 Å². The van der Waals surface area contributed by atoms with E-state index in [1.165, 1.54) is 0 Å². The Bertz CT molecular complexity index is 314. The minimum absolute atomic E-state index is 0.439. The molecule has 3 saturated heterocycles. The molecular formula is C9H12O6. The molecule has 15 heavy (non-hydrogen) atoms. The Morgan fingerprint density at radius 2 is 1.93 bits per heavy atom. The van der Waals surface area contributed by atoms with Crippen molar-refractivity contribution in [3.8, 4) is 0 Å². The van der Waals surface area contributed by atoms with Crippen LogP contribution in [0, 0.1) is 0 Å². The molecule has 1 N–H and O–H groups in total. The first-order valence-corrected chi connectivity index (χ1v) is 4.88. The SMILES string of the molecule is CC1(C)O[C@H]2O[C@@H]3C(OC(=O)[C@H]3O)[C@@H]2O1. The van der Waals surface area contributed by atoms with Crippen LogP contribution in [0.15, 0.2) is 0 Å². The van der Waals surface area contributed by atoms with E-state index in [4.69, 9.17) is 18.9 Å². The first-order valence-electron chi connectivity index (χ1n) is 4.88. The highest BCUT2D eigenvalue weighted by molar-refractivity contribution is 5.78. The van der Waals surface area contributed by atoms with E-state index < -0.39 is 42.5 Å². The highest BCUT2D eigenvalue weighted by Crippen LogP contribution is 2.42. The number of ether oxygens (including phenoxy) is 4. The van der Waals surface area contributed by atoms with Gasteiger partial charge < -0.3 is 24.1 Å². The molecule has 0 aliphatic carbocycles. The highest BCUT2D eigenvalue weighted by atomic mass is 16.8. The molecule has 0 radical (unpaired) electrons. The van der Waals surface area contributed by atoms with Crippen molar-refractivity contribution < 1.29 is 28.8 Å². The maximum atomic E-state index is 11.1. The molecule has 1 unspecified atom stereocenters. The summed E-state index contributed by atoms with van der Waals surface area (Å²) in [6, 6.07) is 0. The van der Waals surface area contributed by atoms with Crippen LogP contribution in [0.1, 0.15) is 13.8 Å². The minimum atomic E-state index is -1.23. The van der Waals surface area contributed by atoms with Crippen molar-refractivity contribution in [2.45, 2.75) is 50.3 Å². The standard InChI is InChI=1S/C9H12O6/c1-9(2)14-6-5-4(13-8(6)15-9)3(10)7(11)12-5/h3-6,8,10H,1-2H3/t3-,4-,5?,6-,8+/m0/s1. The fourth-order valence-electron chi connectivity index (χ4n) is 2.23. The van der Waals surface area contributed by atoms with Crippen molar-refractivity contribution >= 4 is 5.97 Å². The van der Waals surface area contributed by atoms with Gasteiger partial charge in [0, 0.05) is 0 Å². The largest absolute Gasteiger partial charge is 0.454 e. The van der Waals surface area contributed by atoms with Gasteiger partial charge in [-0.3, -0.25) is 0 Å². The van der Waals surface area contributed by atoms with E-state index in [-0.39, 0.29) is 0 Å². The number of carbonyl (C=O) groups is 1. The first kappa shape index (κ1) is 9.53. The van der Waals surface area contributed by atoms with Gasteiger partial charge in [0.05, 0.1) is 0 Å². The summed E-state index contributed by atoms with van der Waals surface area (Å²) in [6.07, 6.45) is -3.44. The van der Waals surface area contributed by atoms with Crippen LogP contribution in [0.3, 0.4) is 0 Å². The average Bonchev–Trinajstić information content (AvgIpc) is 2.66. The second-order valence-electron chi connectivity index (χ2n) is 4.42. The Labute approximate surface area is 86.1 Å². The van der Waals surface area contributed by atoms with Crippen molar-refractivity contribution in [2.24, 2.45) is 0 Å². The van der Waals surface area contributed by atoms with Crippen molar-refractivity contribution in [3.63, 3.8) is 0 Å². The van der Waals surface area contributed by atoms with Gasteiger partial charge in [0.25, 0.3) is 0 Å². The predicted octanol–water partition coefficient (Wildman–Crippen LogP) is -0.851. The van der Waals surface area contributed by atoms with Gasteiger partial charge in [-0.25, -0.2) is 4.79 Å². The maximum absolute atomic E-state index is 11.1. The number of fused-ring (bicyclic) bond motifs is 3. The molecular weight excluding hydrogens is 204 g/mol. The Morgan fingerprint density at radius 1 is 1.20 bits per heavy atom. The van der Waals surface area contributed by atoms with Crippen molar-refractivity contribution in [3.05, 3.63) is 0 Å². The molecule has 0 amide bonds. The van der Waals surface area contributed by atoms with Crippen LogP contribution in [-0.4, -0.2) is 47.6 Å². The zero-order valence-corrected chi connectivity index (χ0v) is 8.38. The minimum Gasteiger partial charge on any atom is -0.454 e. The molecule has 0 bridgehead atoms. The van der Waals surface area contributed by atoms with Crippen molar-refractivity contribution in [1.29, 1.82) is 0 Å². The Morgan fingerprint density at radius 3 is 2.67 bits per heavy atom. The molecule has 6 nitrogen and oxygen atoms in total. The van der Waals surface area contributed by atoms with Crippen LogP contribution in [-0.2, 0) is 23.7 Å². The zero-order chi connectivity index (χ0) is 10.8. The smallest absolute Gasteiger partial charge is 0.338 e. The number of carbonyl (C=O) groups excluding carboxylic acids is 1. The average molecular weight is 216 g/mol. The van der Waals surface area contributed by atoms with Crippen molar-refractivity contribution in [2.75, 3.05) is 0 Å². The summed E-state index contributed by atoms with van der Waals surface area (Å²) in [6.45, 7) is 3.52. The monoisotopic (exact) mass is 216 g/mol. The highest BCUT2D eigenvalue weighted by Gasteiger charge is 2.62. The molecule has 0 saturated carbocycles. The molecule has 0 aromatic carbocycles. The lowest BCUT2D eigenvalue weighted by Gasteiger charge is -2.20. The molecule has 3 fully saturated rings. The summed E-state index contributed by atoms with van der Waals surface area (Å²) in [7, 11) is 0. The lowest BCUT2D eigenvalue weighted by Crippen LogP contribution is -2.35. The molecule has 0 spiro atoms. The van der Waals surface area contributed by atoms with Crippen LogP contribution >= 0.6 is 0 Å². The van der Waals surface area contributed by atoms with E-state index in [1.54, 1.807) is 13.8 Å². The summed E-state index contributed by atoms with van der Waals surface area (Å²) in [5.74, 6) is -1.39. The number of esters is 1. The number of aliphatic hydroxyl groups excluding tert-OH is 1. The summed E-state index contributed by atoms with van der Waals surface area (Å²) in [5.41, 5.74) is 0. The first-order chi connectivity index (χ1) is 6.98.